The smallest absolute Gasteiger partial charge is 0.191 e. The van der Waals surface area contributed by atoms with Gasteiger partial charge in [-0.2, -0.15) is 11.8 Å². The molecule has 1 heterocycles. The van der Waals surface area contributed by atoms with Gasteiger partial charge in [-0.25, -0.2) is 0 Å². The highest BCUT2D eigenvalue weighted by Gasteiger charge is 2.14. The van der Waals surface area contributed by atoms with E-state index in [9.17, 15) is 0 Å². The van der Waals surface area contributed by atoms with Gasteiger partial charge >= 0.3 is 0 Å². The molecule has 0 aromatic carbocycles. The lowest BCUT2D eigenvalue weighted by Gasteiger charge is -2.27. The summed E-state index contributed by atoms with van der Waals surface area (Å²) in [7, 11) is 0. The highest BCUT2D eigenvalue weighted by molar-refractivity contribution is 14.0. The largest absolute Gasteiger partial charge is 0.396 e. The minimum atomic E-state index is 0. The summed E-state index contributed by atoms with van der Waals surface area (Å²) in [6, 6.07) is 0. The number of aliphatic hydroxyl groups excluding tert-OH is 1. The molecule has 0 aromatic heterocycles. The first-order valence-corrected chi connectivity index (χ1v) is 8.02. The molecule has 0 radical (unpaired) electrons. The van der Waals surface area contributed by atoms with Gasteiger partial charge in [0, 0.05) is 37.7 Å². The van der Waals surface area contributed by atoms with Crippen molar-refractivity contribution in [3.63, 3.8) is 0 Å². The molecule has 0 spiro atoms. The van der Waals surface area contributed by atoms with E-state index in [1.54, 1.807) is 0 Å². The monoisotopic (exact) mass is 401 g/mol. The van der Waals surface area contributed by atoms with E-state index >= 15 is 0 Å². The highest BCUT2D eigenvalue weighted by atomic mass is 127. The van der Waals surface area contributed by atoms with Crippen molar-refractivity contribution in [3.8, 4) is 0 Å². The number of guanidine groups is 1. The van der Waals surface area contributed by atoms with Crippen LogP contribution in [-0.4, -0.2) is 53.7 Å². The van der Waals surface area contributed by atoms with Gasteiger partial charge in [0.15, 0.2) is 5.96 Å². The fourth-order valence-electron chi connectivity index (χ4n) is 2.25. The van der Waals surface area contributed by atoms with E-state index in [1.165, 1.54) is 0 Å². The van der Waals surface area contributed by atoms with Gasteiger partial charge in [0.25, 0.3) is 0 Å². The average molecular weight is 401 g/mol. The van der Waals surface area contributed by atoms with Crippen LogP contribution in [0.2, 0.25) is 0 Å². The number of aliphatic hydroxyl groups is 1. The van der Waals surface area contributed by atoms with Crippen LogP contribution in [0.3, 0.4) is 0 Å². The van der Waals surface area contributed by atoms with Gasteiger partial charge in [-0.15, -0.1) is 24.0 Å². The standard InChI is InChI=1S/C13H27N3OS.HI/c1-11(2)9-12(3-6-17)10-15-13(14)16-4-7-18-8-5-16;/h11-12,17H,3-10H2,1-2H3,(H2,14,15);1H. The van der Waals surface area contributed by atoms with Crippen molar-refractivity contribution >= 4 is 41.7 Å². The van der Waals surface area contributed by atoms with Crippen LogP contribution in [0, 0.1) is 11.8 Å². The normalized spacial score (nSPS) is 18.3. The van der Waals surface area contributed by atoms with Gasteiger partial charge in [0.05, 0.1) is 0 Å². The molecule has 4 nitrogen and oxygen atoms in total. The summed E-state index contributed by atoms with van der Waals surface area (Å²) in [4.78, 5) is 6.69. The van der Waals surface area contributed by atoms with Crippen molar-refractivity contribution < 1.29 is 5.11 Å². The van der Waals surface area contributed by atoms with Crippen molar-refractivity contribution in [3.05, 3.63) is 0 Å². The number of halogens is 1. The predicted molar refractivity (Wildman–Crippen MR) is 95.5 cm³/mol. The van der Waals surface area contributed by atoms with Crippen molar-refractivity contribution in [1.29, 1.82) is 0 Å². The molecule has 0 saturated carbocycles. The second-order valence-corrected chi connectivity index (χ2v) is 6.53. The number of aliphatic imine (C=N–C) groups is 1. The molecule has 0 amide bonds. The van der Waals surface area contributed by atoms with E-state index in [2.05, 4.69) is 23.7 Å². The van der Waals surface area contributed by atoms with E-state index < -0.39 is 0 Å². The minimum Gasteiger partial charge on any atom is -0.396 e. The second kappa shape index (κ2) is 11.0. The van der Waals surface area contributed by atoms with E-state index in [4.69, 9.17) is 10.8 Å². The maximum absolute atomic E-state index is 9.07. The number of hydrogen-bond donors (Lipinski definition) is 2. The van der Waals surface area contributed by atoms with Crippen molar-refractivity contribution in [1.82, 2.24) is 4.90 Å². The third-order valence-corrected chi connectivity index (χ3v) is 4.13. The van der Waals surface area contributed by atoms with E-state index in [0.717, 1.165) is 44.0 Å². The van der Waals surface area contributed by atoms with Crippen molar-refractivity contribution in [2.45, 2.75) is 26.7 Å². The molecule has 1 saturated heterocycles. The average Bonchev–Trinajstić information content (AvgIpc) is 2.36. The third kappa shape index (κ3) is 8.24. The summed E-state index contributed by atoms with van der Waals surface area (Å²) in [6.07, 6.45) is 1.93. The Kier molecular flexibility index (Phi) is 11.2. The zero-order valence-electron chi connectivity index (χ0n) is 12.0. The van der Waals surface area contributed by atoms with Crippen LogP contribution in [-0.2, 0) is 0 Å². The van der Waals surface area contributed by atoms with Gasteiger partial charge in [-0.05, 0) is 24.7 Å². The molecule has 1 fully saturated rings. The molecule has 114 valence electrons. The van der Waals surface area contributed by atoms with Crippen LogP contribution in [0.4, 0.5) is 0 Å². The second-order valence-electron chi connectivity index (χ2n) is 5.31. The fraction of sp³-hybridized carbons (Fsp3) is 0.923. The third-order valence-electron chi connectivity index (χ3n) is 3.19. The molecular formula is C13H28IN3OS. The molecule has 0 aromatic rings. The molecule has 1 unspecified atom stereocenters. The minimum absolute atomic E-state index is 0. The quantitative estimate of drug-likeness (QED) is 0.406. The number of nitrogens with zero attached hydrogens (tertiary/aromatic N) is 2. The Bertz CT molecular complexity index is 258. The van der Waals surface area contributed by atoms with Gasteiger partial charge in [-0.3, -0.25) is 4.99 Å². The molecule has 19 heavy (non-hydrogen) atoms. The summed E-state index contributed by atoms with van der Waals surface area (Å²) >= 11 is 1.97. The maximum Gasteiger partial charge on any atom is 0.191 e. The number of hydrogen-bond acceptors (Lipinski definition) is 3. The molecule has 1 aliphatic heterocycles. The summed E-state index contributed by atoms with van der Waals surface area (Å²) in [5.74, 6) is 4.06. The summed E-state index contributed by atoms with van der Waals surface area (Å²) in [5, 5.41) is 9.07. The summed E-state index contributed by atoms with van der Waals surface area (Å²) in [5.41, 5.74) is 6.03. The highest BCUT2D eigenvalue weighted by Crippen LogP contribution is 2.16. The molecule has 0 bridgehead atoms. The SMILES string of the molecule is CC(C)CC(CCO)CN=C(N)N1CCSCC1.I. The Morgan fingerprint density at radius 3 is 2.53 bits per heavy atom. The Hall–Kier alpha value is 0.310. The molecule has 6 heteroatoms. The van der Waals surface area contributed by atoms with Crippen LogP contribution in [0.25, 0.3) is 0 Å². The number of rotatable bonds is 6. The van der Waals surface area contributed by atoms with E-state index in [0.29, 0.717) is 17.8 Å². The molecular weight excluding hydrogens is 373 g/mol. The summed E-state index contributed by atoms with van der Waals surface area (Å²) in [6.45, 7) is 7.42. The van der Waals surface area contributed by atoms with E-state index in [-0.39, 0.29) is 30.6 Å². The number of nitrogens with two attached hydrogens (primary N) is 1. The first-order chi connectivity index (χ1) is 8.63. The lowest BCUT2D eigenvalue weighted by molar-refractivity contribution is 0.245. The van der Waals surface area contributed by atoms with Gasteiger partial charge in [0.2, 0.25) is 0 Å². The van der Waals surface area contributed by atoms with Crippen LogP contribution < -0.4 is 5.73 Å². The van der Waals surface area contributed by atoms with Gasteiger partial charge in [-0.1, -0.05) is 13.8 Å². The van der Waals surface area contributed by atoms with Crippen LogP contribution in [0.15, 0.2) is 4.99 Å². The molecule has 1 aliphatic rings. The van der Waals surface area contributed by atoms with E-state index in [1.807, 2.05) is 11.8 Å². The van der Waals surface area contributed by atoms with Gasteiger partial charge in [0.1, 0.15) is 0 Å². The Labute approximate surface area is 138 Å². The lowest BCUT2D eigenvalue weighted by Crippen LogP contribution is -2.42. The Morgan fingerprint density at radius 1 is 1.37 bits per heavy atom. The lowest BCUT2D eigenvalue weighted by atomic mass is 9.94. The zero-order valence-corrected chi connectivity index (χ0v) is 15.2. The maximum atomic E-state index is 9.07. The Balaban J connectivity index is 0.00000324. The molecule has 1 atom stereocenters. The van der Waals surface area contributed by atoms with Crippen molar-refractivity contribution in [2.24, 2.45) is 22.6 Å². The molecule has 3 N–H and O–H groups in total. The van der Waals surface area contributed by atoms with Gasteiger partial charge < -0.3 is 15.7 Å². The Morgan fingerprint density at radius 2 is 2.00 bits per heavy atom. The first-order valence-electron chi connectivity index (χ1n) is 6.87. The molecule has 0 aliphatic carbocycles. The molecule has 1 rings (SSSR count). The fourth-order valence-corrected chi connectivity index (χ4v) is 3.15. The topological polar surface area (TPSA) is 61.9 Å². The van der Waals surface area contributed by atoms with Crippen LogP contribution >= 0.6 is 35.7 Å². The first kappa shape index (κ1) is 19.3. The summed E-state index contributed by atoms with van der Waals surface area (Å²) < 4.78 is 0. The van der Waals surface area contributed by atoms with Crippen LogP contribution in [0.5, 0.6) is 0 Å². The van der Waals surface area contributed by atoms with Crippen LogP contribution in [0.1, 0.15) is 26.7 Å². The van der Waals surface area contributed by atoms with Crippen molar-refractivity contribution in [2.75, 3.05) is 37.7 Å². The zero-order chi connectivity index (χ0) is 13.4. The predicted octanol–water partition coefficient (Wildman–Crippen LogP) is 2.01. The number of thioether (sulfide) groups is 1.